The monoisotopic (exact) mass is 474 g/mol. The molecule has 3 aromatic carbocycles. The predicted molar refractivity (Wildman–Crippen MR) is 131 cm³/mol. The summed E-state index contributed by atoms with van der Waals surface area (Å²) in [5, 5.41) is 18.4. The van der Waals surface area contributed by atoms with Gasteiger partial charge in [-0.1, -0.05) is 72.3 Å². The second kappa shape index (κ2) is 9.68. The second-order valence-corrected chi connectivity index (χ2v) is 7.74. The summed E-state index contributed by atoms with van der Waals surface area (Å²) < 4.78 is 1.23. The summed E-state index contributed by atoms with van der Waals surface area (Å²) in [7, 11) is 0. The van der Waals surface area contributed by atoms with E-state index in [0.717, 1.165) is 11.6 Å². The van der Waals surface area contributed by atoms with Gasteiger partial charge in [-0.15, -0.1) is 0 Å². The Bertz CT molecular complexity index is 1440. The van der Waals surface area contributed by atoms with Gasteiger partial charge in [0.05, 0.1) is 10.6 Å². The molecule has 0 radical (unpaired) electrons. The zero-order valence-electron chi connectivity index (χ0n) is 18.1. The van der Waals surface area contributed by atoms with Gasteiger partial charge in [0.15, 0.2) is 0 Å². The minimum atomic E-state index is -0.706. The van der Waals surface area contributed by atoms with Crippen LogP contribution in [0.1, 0.15) is 17.3 Å². The molecule has 0 aliphatic carbocycles. The standard InChI is InChI=1S/C25H19ClN4O4/c1-2-29-25(32)22(24(31)27-18-13-14-19(26)20(15-18)30(33)34)21(16-9-5-3-6-10-16)23(28-29)17-11-7-4-8-12-17/h3-15H,2H2,1H3,(H,27,31). The molecule has 170 valence electrons. The zero-order chi connectivity index (χ0) is 24.2. The first kappa shape index (κ1) is 22.9. The SMILES string of the molecule is CCn1nc(-c2ccccc2)c(-c2ccccc2)c(C(=O)Nc2ccc(Cl)c([N+](=O)[O-])c2)c1=O. The van der Waals surface area contributed by atoms with Crippen molar-refractivity contribution in [2.75, 3.05) is 5.32 Å². The molecular formula is C25H19ClN4O4. The summed E-state index contributed by atoms with van der Waals surface area (Å²) in [5.74, 6) is -0.706. The molecule has 0 aliphatic rings. The first-order valence-electron chi connectivity index (χ1n) is 10.4. The van der Waals surface area contributed by atoms with E-state index in [0.29, 0.717) is 16.8 Å². The van der Waals surface area contributed by atoms with Crippen molar-refractivity contribution in [3.63, 3.8) is 0 Å². The van der Waals surface area contributed by atoms with E-state index in [2.05, 4.69) is 10.4 Å². The largest absolute Gasteiger partial charge is 0.322 e. The van der Waals surface area contributed by atoms with Crippen molar-refractivity contribution in [1.29, 1.82) is 0 Å². The summed E-state index contributed by atoms with van der Waals surface area (Å²) in [6.07, 6.45) is 0. The van der Waals surface area contributed by atoms with Crippen LogP contribution in [0.3, 0.4) is 0 Å². The lowest BCUT2D eigenvalue weighted by Gasteiger charge is -2.17. The molecule has 9 heteroatoms. The van der Waals surface area contributed by atoms with Crippen molar-refractivity contribution in [2.45, 2.75) is 13.5 Å². The molecular weight excluding hydrogens is 456 g/mol. The summed E-state index contributed by atoms with van der Waals surface area (Å²) in [5.41, 5.74) is 1.33. The fraction of sp³-hybridized carbons (Fsp3) is 0.0800. The van der Waals surface area contributed by atoms with E-state index in [9.17, 15) is 19.7 Å². The minimum absolute atomic E-state index is 0.0587. The number of anilines is 1. The maximum absolute atomic E-state index is 13.5. The van der Waals surface area contributed by atoms with Crippen LogP contribution in [0.15, 0.2) is 83.7 Å². The number of amides is 1. The number of nitrogens with one attached hydrogen (secondary N) is 1. The van der Waals surface area contributed by atoms with Gasteiger partial charge in [0, 0.05) is 29.4 Å². The van der Waals surface area contributed by atoms with Crippen LogP contribution in [-0.4, -0.2) is 20.6 Å². The lowest BCUT2D eigenvalue weighted by Crippen LogP contribution is -2.32. The summed E-state index contributed by atoms with van der Waals surface area (Å²) in [6, 6.07) is 22.2. The summed E-state index contributed by atoms with van der Waals surface area (Å²) in [6.45, 7) is 2.01. The Hall–Kier alpha value is -4.30. The fourth-order valence-electron chi connectivity index (χ4n) is 3.60. The van der Waals surface area contributed by atoms with Crippen molar-refractivity contribution in [2.24, 2.45) is 0 Å². The molecule has 1 heterocycles. The smallest absolute Gasteiger partial charge is 0.289 e. The van der Waals surface area contributed by atoms with Gasteiger partial charge in [0.1, 0.15) is 10.6 Å². The van der Waals surface area contributed by atoms with E-state index in [-0.39, 0.29) is 28.5 Å². The number of nitro groups is 1. The second-order valence-electron chi connectivity index (χ2n) is 7.33. The zero-order valence-corrected chi connectivity index (χ0v) is 18.8. The third kappa shape index (κ3) is 4.44. The first-order chi connectivity index (χ1) is 16.4. The van der Waals surface area contributed by atoms with Gasteiger partial charge in [-0.05, 0) is 24.6 Å². The average molecular weight is 475 g/mol. The Kier molecular flexibility index (Phi) is 6.51. The van der Waals surface area contributed by atoms with Crippen molar-refractivity contribution >= 4 is 28.9 Å². The topological polar surface area (TPSA) is 107 Å². The number of nitro benzene ring substituents is 1. The molecule has 1 amide bonds. The van der Waals surface area contributed by atoms with Crippen molar-refractivity contribution in [1.82, 2.24) is 9.78 Å². The third-order valence-corrected chi connectivity index (χ3v) is 5.51. The molecule has 0 saturated heterocycles. The molecule has 4 rings (SSSR count). The number of aryl methyl sites for hydroxylation is 1. The van der Waals surface area contributed by atoms with Gasteiger partial charge in [0.25, 0.3) is 17.2 Å². The maximum Gasteiger partial charge on any atom is 0.289 e. The molecule has 0 unspecified atom stereocenters. The Morgan fingerprint density at radius 1 is 1.03 bits per heavy atom. The minimum Gasteiger partial charge on any atom is -0.322 e. The highest BCUT2D eigenvalue weighted by molar-refractivity contribution is 6.32. The first-order valence-corrected chi connectivity index (χ1v) is 10.8. The number of hydrogen-bond acceptors (Lipinski definition) is 5. The Labute approximate surface area is 199 Å². The van der Waals surface area contributed by atoms with E-state index < -0.39 is 16.4 Å². The van der Waals surface area contributed by atoms with E-state index in [4.69, 9.17) is 11.6 Å². The molecule has 0 saturated carbocycles. The number of carbonyl (C=O) groups is 1. The third-order valence-electron chi connectivity index (χ3n) is 5.19. The van der Waals surface area contributed by atoms with Crippen molar-refractivity contribution < 1.29 is 9.72 Å². The molecule has 0 spiro atoms. The van der Waals surface area contributed by atoms with Gasteiger partial charge < -0.3 is 5.32 Å². The lowest BCUT2D eigenvalue weighted by molar-refractivity contribution is -0.384. The van der Waals surface area contributed by atoms with Crippen molar-refractivity contribution in [3.8, 4) is 22.4 Å². The van der Waals surface area contributed by atoms with Crippen molar-refractivity contribution in [3.05, 3.63) is 110 Å². The molecule has 0 fully saturated rings. The van der Waals surface area contributed by atoms with Crippen LogP contribution in [0.5, 0.6) is 0 Å². The van der Waals surface area contributed by atoms with Crippen LogP contribution in [0.4, 0.5) is 11.4 Å². The number of aromatic nitrogens is 2. The number of rotatable bonds is 6. The highest BCUT2D eigenvalue weighted by Crippen LogP contribution is 2.33. The molecule has 34 heavy (non-hydrogen) atoms. The normalized spacial score (nSPS) is 10.6. The lowest BCUT2D eigenvalue weighted by atomic mass is 9.95. The van der Waals surface area contributed by atoms with Crippen LogP contribution in [0.2, 0.25) is 5.02 Å². The highest BCUT2D eigenvalue weighted by atomic mass is 35.5. The van der Waals surface area contributed by atoms with E-state index >= 15 is 0 Å². The quantitative estimate of drug-likeness (QED) is 0.297. The van der Waals surface area contributed by atoms with Crippen LogP contribution >= 0.6 is 11.6 Å². The summed E-state index contributed by atoms with van der Waals surface area (Å²) >= 11 is 5.89. The molecule has 1 N–H and O–H groups in total. The van der Waals surface area contributed by atoms with E-state index in [1.54, 1.807) is 31.2 Å². The van der Waals surface area contributed by atoms with Crippen LogP contribution < -0.4 is 10.9 Å². The Balaban J connectivity index is 1.94. The number of nitrogens with zero attached hydrogens (tertiary/aromatic N) is 3. The Morgan fingerprint density at radius 2 is 1.65 bits per heavy atom. The number of benzene rings is 3. The number of halogens is 1. The molecule has 4 aromatic rings. The molecule has 0 atom stereocenters. The highest BCUT2D eigenvalue weighted by Gasteiger charge is 2.25. The van der Waals surface area contributed by atoms with Gasteiger partial charge in [0.2, 0.25) is 0 Å². The fourth-order valence-corrected chi connectivity index (χ4v) is 3.79. The van der Waals surface area contributed by atoms with Crippen LogP contribution in [0.25, 0.3) is 22.4 Å². The van der Waals surface area contributed by atoms with Gasteiger partial charge in [-0.2, -0.15) is 5.10 Å². The number of carbonyl (C=O) groups excluding carboxylic acids is 1. The maximum atomic E-state index is 13.5. The van der Waals surface area contributed by atoms with E-state index in [1.165, 1.54) is 16.8 Å². The predicted octanol–water partition coefficient (Wildman–Crippen LogP) is 5.41. The van der Waals surface area contributed by atoms with E-state index in [1.807, 2.05) is 36.4 Å². The summed E-state index contributed by atoms with van der Waals surface area (Å²) in [4.78, 5) is 37.5. The molecule has 0 bridgehead atoms. The van der Waals surface area contributed by atoms with Crippen LogP contribution in [-0.2, 0) is 6.54 Å². The molecule has 0 aliphatic heterocycles. The van der Waals surface area contributed by atoms with Gasteiger partial charge in [-0.25, -0.2) is 4.68 Å². The molecule has 1 aromatic heterocycles. The Morgan fingerprint density at radius 3 is 2.24 bits per heavy atom. The number of hydrogen-bond donors (Lipinski definition) is 1. The average Bonchev–Trinajstić information content (AvgIpc) is 2.85. The van der Waals surface area contributed by atoms with Gasteiger partial charge in [-0.3, -0.25) is 19.7 Å². The van der Waals surface area contributed by atoms with Crippen LogP contribution in [0, 0.1) is 10.1 Å². The van der Waals surface area contributed by atoms with Gasteiger partial charge >= 0.3 is 0 Å². The molecule has 8 nitrogen and oxygen atoms in total.